The van der Waals surface area contributed by atoms with E-state index in [0.717, 1.165) is 29.3 Å². The second-order valence-electron chi connectivity index (χ2n) is 5.77. The maximum atomic E-state index is 13.0. The van der Waals surface area contributed by atoms with Crippen LogP contribution in [0.4, 0.5) is 4.39 Å². The predicted molar refractivity (Wildman–Crippen MR) is 78.4 cm³/mol. The molecular weight excluding hydrogens is 309 g/mol. The molecule has 1 saturated carbocycles. The van der Waals surface area contributed by atoms with Gasteiger partial charge in [0, 0.05) is 17.6 Å². The molecule has 0 aliphatic heterocycles. The number of hydrogen-bond donors (Lipinski definition) is 2. The first kappa shape index (κ1) is 14.9. The van der Waals surface area contributed by atoms with E-state index >= 15 is 0 Å². The van der Waals surface area contributed by atoms with E-state index in [4.69, 9.17) is 0 Å². The molecule has 1 aliphatic carbocycles. The third-order valence-electron chi connectivity index (χ3n) is 3.85. The fourth-order valence-corrected chi connectivity index (χ4v) is 3.38. The van der Waals surface area contributed by atoms with Gasteiger partial charge in [-0.1, -0.05) is 41.8 Å². The molecule has 2 N–H and O–H groups in total. The lowest BCUT2D eigenvalue weighted by molar-refractivity contribution is -0.0119. The molecule has 0 spiro atoms. The zero-order valence-corrected chi connectivity index (χ0v) is 12.8. The molecule has 0 heterocycles. The van der Waals surface area contributed by atoms with Crippen molar-refractivity contribution in [3.63, 3.8) is 0 Å². The summed E-state index contributed by atoms with van der Waals surface area (Å²) in [5, 5.41) is 13.8. The van der Waals surface area contributed by atoms with Crippen molar-refractivity contribution in [1.82, 2.24) is 5.32 Å². The SMILES string of the molecule is CC1CCCC(O)(CNCc2ccc(F)cc2Br)C1. The molecule has 0 saturated heterocycles. The van der Waals surface area contributed by atoms with Crippen LogP contribution in [0, 0.1) is 11.7 Å². The fraction of sp³-hybridized carbons (Fsp3) is 0.600. The Morgan fingerprint density at radius 3 is 3.00 bits per heavy atom. The largest absolute Gasteiger partial charge is 0.389 e. The molecule has 1 aromatic carbocycles. The lowest BCUT2D eigenvalue weighted by atomic mass is 9.79. The molecule has 19 heavy (non-hydrogen) atoms. The molecule has 2 unspecified atom stereocenters. The zero-order valence-electron chi connectivity index (χ0n) is 11.3. The molecule has 4 heteroatoms. The third-order valence-corrected chi connectivity index (χ3v) is 4.59. The average Bonchev–Trinajstić information content (AvgIpc) is 2.31. The Labute approximate surface area is 122 Å². The van der Waals surface area contributed by atoms with Crippen molar-refractivity contribution in [1.29, 1.82) is 0 Å². The van der Waals surface area contributed by atoms with Crippen LogP contribution in [-0.2, 0) is 6.54 Å². The summed E-state index contributed by atoms with van der Waals surface area (Å²) in [6.07, 6.45) is 4.05. The molecule has 2 atom stereocenters. The Bertz CT molecular complexity index is 440. The number of hydrogen-bond acceptors (Lipinski definition) is 2. The maximum absolute atomic E-state index is 13.0. The minimum Gasteiger partial charge on any atom is -0.389 e. The molecular formula is C15H21BrFNO. The molecule has 0 amide bonds. The Morgan fingerprint density at radius 2 is 2.32 bits per heavy atom. The minimum absolute atomic E-state index is 0.240. The van der Waals surface area contributed by atoms with Gasteiger partial charge in [-0.2, -0.15) is 0 Å². The van der Waals surface area contributed by atoms with E-state index in [1.807, 2.05) is 0 Å². The lowest BCUT2D eigenvalue weighted by Gasteiger charge is -2.35. The second kappa shape index (κ2) is 6.33. The smallest absolute Gasteiger partial charge is 0.124 e. The summed E-state index contributed by atoms with van der Waals surface area (Å²) in [5.74, 6) is 0.355. The van der Waals surface area contributed by atoms with Crippen LogP contribution in [0.15, 0.2) is 22.7 Å². The van der Waals surface area contributed by atoms with Gasteiger partial charge in [-0.05, 0) is 36.5 Å². The Kier molecular flexibility index (Phi) is 4.98. The van der Waals surface area contributed by atoms with Crippen LogP contribution < -0.4 is 5.32 Å². The molecule has 0 aromatic heterocycles. The molecule has 2 rings (SSSR count). The lowest BCUT2D eigenvalue weighted by Crippen LogP contribution is -2.43. The quantitative estimate of drug-likeness (QED) is 0.884. The van der Waals surface area contributed by atoms with Crippen molar-refractivity contribution in [3.8, 4) is 0 Å². The van der Waals surface area contributed by atoms with Gasteiger partial charge < -0.3 is 10.4 Å². The van der Waals surface area contributed by atoms with Gasteiger partial charge in [-0.3, -0.25) is 0 Å². The van der Waals surface area contributed by atoms with E-state index < -0.39 is 5.60 Å². The number of nitrogens with one attached hydrogen (secondary N) is 1. The van der Waals surface area contributed by atoms with Crippen molar-refractivity contribution in [3.05, 3.63) is 34.1 Å². The van der Waals surface area contributed by atoms with Crippen LogP contribution in [0.1, 0.15) is 38.2 Å². The van der Waals surface area contributed by atoms with Crippen LogP contribution in [-0.4, -0.2) is 17.3 Å². The summed E-state index contributed by atoms with van der Waals surface area (Å²) in [6, 6.07) is 4.69. The van der Waals surface area contributed by atoms with Gasteiger partial charge in [0.15, 0.2) is 0 Å². The van der Waals surface area contributed by atoms with E-state index in [1.165, 1.54) is 18.6 Å². The van der Waals surface area contributed by atoms with Crippen LogP contribution in [0.5, 0.6) is 0 Å². The molecule has 1 aromatic rings. The first-order chi connectivity index (χ1) is 8.98. The Morgan fingerprint density at radius 1 is 1.53 bits per heavy atom. The highest BCUT2D eigenvalue weighted by Crippen LogP contribution is 2.31. The van der Waals surface area contributed by atoms with Crippen molar-refractivity contribution < 1.29 is 9.50 Å². The van der Waals surface area contributed by atoms with E-state index in [1.54, 1.807) is 6.07 Å². The summed E-state index contributed by atoms with van der Waals surface area (Å²) < 4.78 is 13.7. The van der Waals surface area contributed by atoms with E-state index in [2.05, 4.69) is 28.2 Å². The van der Waals surface area contributed by atoms with Crippen molar-refractivity contribution >= 4 is 15.9 Å². The fourth-order valence-electron chi connectivity index (χ4n) is 2.89. The van der Waals surface area contributed by atoms with E-state index in [0.29, 0.717) is 19.0 Å². The number of rotatable bonds is 4. The molecule has 1 aliphatic rings. The summed E-state index contributed by atoms with van der Waals surface area (Å²) in [5.41, 5.74) is 0.429. The zero-order chi connectivity index (χ0) is 13.9. The topological polar surface area (TPSA) is 32.3 Å². The van der Waals surface area contributed by atoms with Gasteiger partial charge in [0.25, 0.3) is 0 Å². The highest BCUT2D eigenvalue weighted by atomic mass is 79.9. The second-order valence-corrected chi connectivity index (χ2v) is 6.62. The molecule has 0 bridgehead atoms. The van der Waals surface area contributed by atoms with Crippen molar-refractivity contribution in [2.45, 2.75) is 44.8 Å². The number of benzene rings is 1. The first-order valence-electron chi connectivity index (χ1n) is 6.85. The van der Waals surface area contributed by atoms with Gasteiger partial charge in [0.1, 0.15) is 5.82 Å². The average molecular weight is 330 g/mol. The normalized spacial score (nSPS) is 27.5. The Balaban J connectivity index is 1.85. The van der Waals surface area contributed by atoms with Gasteiger partial charge in [-0.15, -0.1) is 0 Å². The first-order valence-corrected chi connectivity index (χ1v) is 7.65. The Hall–Kier alpha value is -0.450. The van der Waals surface area contributed by atoms with E-state index in [-0.39, 0.29) is 5.82 Å². The highest BCUT2D eigenvalue weighted by molar-refractivity contribution is 9.10. The monoisotopic (exact) mass is 329 g/mol. The van der Waals surface area contributed by atoms with Crippen LogP contribution in [0.2, 0.25) is 0 Å². The van der Waals surface area contributed by atoms with Crippen molar-refractivity contribution in [2.24, 2.45) is 5.92 Å². The summed E-state index contributed by atoms with van der Waals surface area (Å²) in [7, 11) is 0. The molecule has 2 nitrogen and oxygen atoms in total. The molecule has 1 fully saturated rings. The molecule has 106 valence electrons. The van der Waals surface area contributed by atoms with Gasteiger partial charge >= 0.3 is 0 Å². The van der Waals surface area contributed by atoms with Crippen LogP contribution in [0.25, 0.3) is 0 Å². The summed E-state index contributed by atoms with van der Waals surface area (Å²) >= 11 is 3.35. The minimum atomic E-state index is -0.579. The number of aliphatic hydroxyl groups is 1. The number of halogens is 2. The summed E-state index contributed by atoms with van der Waals surface area (Å²) in [6.45, 7) is 3.43. The van der Waals surface area contributed by atoms with Gasteiger partial charge in [0.2, 0.25) is 0 Å². The summed E-state index contributed by atoms with van der Waals surface area (Å²) in [4.78, 5) is 0. The highest BCUT2D eigenvalue weighted by Gasteiger charge is 2.31. The van der Waals surface area contributed by atoms with Crippen molar-refractivity contribution in [2.75, 3.05) is 6.54 Å². The van der Waals surface area contributed by atoms with Crippen LogP contribution >= 0.6 is 15.9 Å². The standard InChI is InChI=1S/C15H21BrFNO/c1-11-3-2-6-15(19,8-11)10-18-9-12-4-5-13(17)7-14(12)16/h4-5,7,11,18-19H,2-3,6,8-10H2,1H3. The van der Waals surface area contributed by atoms with Gasteiger partial charge in [-0.25, -0.2) is 4.39 Å². The van der Waals surface area contributed by atoms with Gasteiger partial charge in [0.05, 0.1) is 5.60 Å². The van der Waals surface area contributed by atoms with E-state index in [9.17, 15) is 9.50 Å². The third kappa shape index (κ3) is 4.26. The van der Waals surface area contributed by atoms with Crippen LogP contribution in [0.3, 0.4) is 0 Å². The predicted octanol–water partition coefficient (Wildman–Crippen LogP) is 3.62. The molecule has 0 radical (unpaired) electrons. The maximum Gasteiger partial charge on any atom is 0.124 e.